The number of nitrogens with zero attached hydrogens (tertiary/aromatic N) is 6. The minimum Gasteiger partial charge on any atom is -0.453 e. The van der Waals surface area contributed by atoms with E-state index in [2.05, 4.69) is 10.6 Å². The molecule has 0 bridgehead atoms. The third-order valence-electron chi connectivity index (χ3n) is 12.7. The molecule has 4 heterocycles. The molecule has 2 aromatic heterocycles. The van der Waals surface area contributed by atoms with E-state index in [9.17, 15) is 28.8 Å². The van der Waals surface area contributed by atoms with Gasteiger partial charge >= 0.3 is 12.2 Å². The normalized spacial score (nSPS) is 16.9. The fourth-order valence-electron chi connectivity index (χ4n) is 9.03. The van der Waals surface area contributed by atoms with Gasteiger partial charge in [0.15, 0.2) is 0 Å². The number of rotatable bonds is 17. The Morgan fingerprint density at radius 3 is 1.26 bits per heavy atom. The van der Waals surface area contributed by atoms with Crippen LogP contribution in [0.3, 0.4) is 0 Å². The topological polar surface area (TPSA) is 187 Å². The summed E-state index contributed by atoms with van der Waals surface area (Å²) in [5.41, 5.74) is 4.74. The summed E-state index contributed by atoms with van der Waals surface area (Å²) in [4.78, 5) is 93.4. The maximum absolute atomic E-state index is 14.0. The van der Waals surface area contributed by atoms with Crippen LogP contribution in [0.25, 0.3) is 33.6 Å². The number of benzene rings is 2. The molecule has 2 aliphatic rings. The van der Waals surface area contributed by atoms with Crippen molar-refractivity contribution in [1.29, 1.82) is 0 Å². The lowest BCUT2D eigenvalue weighted by Crippen LogP contribution is -2.51. The van der Waals surface area contributed by atoms with Gasteiger partial charge in [0.05, 0.1) is 50.1 Å². The van der Waals surface area contributed by atoms with Crippen molar-refractivity contribution in [3.05, 3.63) is 72.6 Å². The van der Waals surface area contributed by atoms with Gasteiger partial charge in [-0.3, -0.25) is 28.3 Å². The standard InChI is InChI=1S/C50H66N8O8/c1-9-11-17-41(59)57-39(29-51-45(57)37-15-13-27-55(37)47(61)43(31(3)4)53-49(63)65-7)35-23-19-33(20-24-35)34-21-25-36(26-22-34)40-30-52-46(58(40)42(60)18-12-10-2)38-16-14-28-56(38)48(62)44(32(5)6)54-50(64)66-8/h19-26,29-32,37-38,43-44H,9-18,27-28H2,1-8H3,(H,53,63)(H,54,64)/t37-,38-,43-,44-/m0/s1. The minimum atomic E-state index is -0.798. The molecule has 4 amide bonds. The fraction of sp³-hybridized carbons (Fsp3) is 0.520. The lowest BCUT2D eigenvalue weighted by molar-refractivity contribution is -0.136. The maximum atomic E-state index is 14.0. The van der Waals surface area contributed by atoms with Crippen molar-refractivity contribution in [1.82, 2.24) is 39.5 Å². The van der Waals surface area contributed by atoms with E-state index in [1.807, 2.05) is 90.1 Å². The number of hydrogen-bond donors (Lipinski definition) is 2. The molecule has 6 rings (SSSR count). The molecule has 0 unspecified atom stereocenters. The Labute approximate surface area is 387 Å². The third kappa shape index (κ3) is 10.7. The number of methoxy groups -OCH3 is 2. The van der Waals surface area contributed by atoms with Crippen molar-refractivity contribution in [3.63, 3.8) is 0 Å². The van der Waals surface area contributed by atoms with Crippen LogP contribution in [0.5, 0.6) is 0 Å². The lowest BCUT2D eigenvalue weighted by atomic mass is 10.0. The van der Waals surface area contributed by atoms with E-state index in [-0.39, 0.29) is 35.5 Å². The number of unbranched alkanes of at least 4 members (excludes halogenated alkanes) is 2. The van der Waals surface area contributed by atoms with Gasteiger partial charge in [0.1, 0.15) is 23.7 Å². The summed E-state index contributed by atoms with van der Waals surface area (Å²) in [6.45, 7) is 12.5. The molecular weight excluding hydrogens is 841 g/mol. The number of imidazole rings is 2. The minimum absolute atomic E-state index is 0.0930. The predicted molar refractivity (Wildman–Crippen MR) is 250 cm³/mol. The molecule has 2 aliphatic heterocycles. The van der Waals surface area contributed by atoms with Crippen molar-refractivity contribution >= 4 is 35.8 Å². The average Bonchev–Trinajstić information content (AvgIpc) is 4.16. The number of amides is 4. The summed E-state index contributed by atoms with van der Waals surface area (Å²) >= 11 is 0. The van der Waals surface area contributed by atoms with Crippen LogP contribution >= 0.6 is 0 Å². The zero-order chi connectivity index (χ0) is 47.7. The Morgan fingerprint density at radius 1 is 0.591 bits per heavy atom. The van der Waals surface area contributed by atoms with Gasteiger partial charge in [-0.1, -0.05) is 103 Å². The number of carbonyl (C=O) groups is 6. The first-order chi connectivity index (χ1) is 31.7. The second-order valence-electron chi connectivity index (χ2n) is 17.9. The zero-order valence-corrected chi connectivity index (χ0v) is 39.7. The predicted octanol–water partition coefficient (Wildman–Crippen LogP) is 8.83. The number of ether oxygens (including phenoxy) is 2. The van der Waals surface area contributed by atoms with Crippen LogP contribution in [0.15, 0.2) is 60.9 Å². The van der Waals surface area contributed by atoms with Gasteiger partial charge in [0.25, 0.3) is 0 Å². The number of nitrogens with one attached hydrogen (secondary N) is 2. The maximum Gasteiger partial charge on any atom is 0.407 e. The summed E-state index contributed by atoms with van der Waals surface area (Å²) in [6, 6.07) is 13.4. The summed E-state index contributed by atoms with van der Waals surface area (Å²) in [7, 11) is 2.53. The molecule has 0 aliphatic carbocycles. The molecular formula is C50H66N8O8. The van der Waals surface area contributed by atoms with Gasteiger partial charge in [0, 0.05) is 37.1 Å². The van der Waals surface area contributed by atoms with Gasteiger partial charge in [0.2, 0.25) is 23.6 Å². The first-order valence-corrected chi connectivity index (χ1v) is 23.5. The van der Waals surface area contributed by atoms with E-state index in [1.165, 1.54) is 14.2 Å². The Balaban J connectivity index is 1.28. The Hall–Kier alpha value is -6.32. The molecule has 2 fully saturated rings. The lowest BCUT2D eigenvalue weighted by Gasteiger charge is -2.30. The van der Waals surface area contributed by atoms with E-state index in [0.717, 1.165) is 47.9 Å². The highest BCUT2D eigenvalue weighted by Crippen LogP contribution is 2.38. The summed E-state index contributed by atoms with van der Waals surface area (Å²) < 4.78 is 13.0. The molecule has 16 nitrogen and oxygen atoms in total. The summed E-state index contributed by atoms with van der Waals surface area (Å²) in [6.07, 6.45) is 8.53. The van der Waals surface area contributed by atoms with Gasteiger partial charge in [-0.05, 0) is 61.5 Å². The molecule has 2 N–H and O–H groups in total. The van der Waals surface area contributed by atoms with E-state index in [0.29, 0.717) is 74.7 Å². The number of likely N-dealkylation sites (tertiary alicyclic amines) is 2. The SMILES string of the molecule is CCCCC(=O)n1c(-c2ccc(-c3ccc(-c4cnc([C@@H]5CCCN5C(=O)[C@@H](NC(=O)OC)C(C)C)n4C(=O)CCCC)cc3)cc2)cnc1[C@@H]1CCCN1C(=O)[C@@H](NC(=O)OC)C(C)C. The Morgan fingerprint density at radius 2 is 0.939 bits per heavy atom. The largest absolute Gasteiger partial charge is 0.453 e. The van der Waals surface area contributed by atoms with Crippen LogP contribution in [-0.4, -0.2) is 104 Å². The summed E-state index contributed by atoms with van der Waals surface area (Å²) in [5, 5.41) is 5.39. The number of hydrogen-bond acceptors (Lipinski definition) is 10. The van der Waals surface area contributed by atoms with Gasteiger partial charge in [-0.25, -0.2) is 19.6 Å². The highest BCUT2D eigenvalue weighted by atomic mass is 16.5. The molecule has 0 spiro atoms. The van der Waals surface area contributed by atoms with E-state index >= 15 is 0 Å². The molecule has 4 aromatic rings. The molecule has 0 radical (unpaired) electrons. The Bertz CT molecular complexity index is 2190. The van der Waals surface area contributed by atoms with Crippen LogP contribution < -0.4 is 10.6 Å². The molecule has 16 heteroatoms. The van der Waals surface area contributed by atoms with Gasteiger partial charge in [-0.2, -0.15) is 0 Å². The zero-order valence-electron chi connectivity index (χ0n) is 39.7. The highest BCUT2D eigenvalue weighted by molar-refractivity contribution is 5.89. The van der Waals surface area contributed by atoms with Crippen LogP contribution in [0.1, 0.15) is 139 Å². The van der Waals surface area contributed by atoms with E-state index in [1.54, 1.807) is 31.3 Å². The highest BCUT2D eigenvalue weighted by Gasteiger charge is 2.41. The van der Waals surface area contributed by atoms with Gasteiger partial charge < -0.3 is 29.9 Å². The van der Waals surface area contributed by atoms with Crippen molar-refractivity contribution in [2.75, 3.05) is 27.3 Å². The van der Waals surface area contributed by atoms with E-state index < -0.39 is 36.4 Å². The van der Waals surface area contributed by atoms with Crippen molar-refractivity contribution in [2.45, 2.75) is 130 Å². The van der Waals surface area contributed by atoms with Crippen LogP contribution in [0, 0.1) is 11.8 Å². The number of carbonyl (C=O) groups excluding carboxylic acids is 6. The second-order valence-corrected chi connectivity index (χ2v) is 17.9. The summed E-state index contributed by atoms with van der Waals surface area (Å²) in [5.74, 6) is -0.0343. The fourth-order valence-corrected chi connectivity index (χ4v) is 9.03. The van der Waals surface area contributed by atoms with Crippen molar-refractivity contribution in [3.8, 4) is 33.6 Å². The van der Waals surface area contributed by atoms with Gasteiger partial charge in [-0.15, -0.1) is 0 Å². The molecule has 66 heavy (non-hydrogen) atoms. The monoisotopic (exact) mass is 907 g/mol. The van der Waals surface area contributed by atoms with Crippen molar-refractivity contribution in [2.24, 2.45) is 11.8 Å². The molecule has 2 saturated heterocycles. The van der Waals surface area contributed by atoms with Crippen LogP contribution in [0.2, 0.25) is 0 Å². The smallest absolute Gasteiger partial charge is 0.407 e. The third-order valence-corrected chi connectivity index (χ3v) is 12.7. The van der Waals surface area contributed by atoms with Crippen LogP contribution in [-0.2, 0) is 19.1 Å². The first-order valence-electron chi connectivity index (χ1n) is 23.5. The van der Waals surface area contributed by atoms with Crippen LogP contribution in [0.4, 0.5) is 9.59 Å². The molecule has 354 valence electrons. The number of aromatic nitrogens is 4. The molecule has 0 saturated carbocycles. The second kappa shape index (κ2) is 22.2. The Kier molecular flexibility index (Phi) is 16.6. The number of alkyl carbamates (subject to hydrolysis) is 2. The molecule has 4 atom stereocenters. The average molecular weight is 907 g/mol. The van der Waals surface area contributed by atoms with Crippen molar-refractivity contribution < 1.29 is 38.2 Å². The quantitative estimate of drug-likeness (QED) is 0.104. The first kappa shape index (κ1) is 49.1. The van der Waals surface area contributed by atoms with E-state index in [4.69, 9.17) is 19.4 Å². The molecule has 2 aromatic carbocycles.